The average molecular weight is 488 g/mol. The molecule has 0 bridgehead atoms. The first-order chi connectivity index (χ1) is 18.1. The topological polar surface area (TPSA) is 60.0 Å². The molecule has 6 heteroatoms. The Morgan fingerprint density at radius 1 is 0.946 bits per heavy atom. The lowest BCUT2D eigenvalue weighted by molar-refractivity contribution is -0.120. The first-order valence-corrected chi connectivity index (χ1v) is 12.6. The van der Waals surface area contributed by atoms with Crippen LogP contribution < -0.4 is 15.6 Å². The van der Waals surface area contributed by atoms with Crippen molar-refractivity contribution in [2.45, 2.75) is 31.6 Å². The quantitative estimate of drug-likeness (QED) is 0.513. The van der Waals surface area contributed by atoms with Gasteiger partial charge in [0, 0.05) is 30.2 Å². The second-order valence-electron chi connectivity index (χ2n) is 9.51. The molecule has 0 aromatic heterocycles. The van der Waals surface area contributed by atoms with Gasteiger partial charge in [-0.15, -0.1) is 0 Å². The number of allylic oxidation sites excluding steroid dienone is 2. The van der Waals surface area contributed by atoms with Gasteiger partial charge in [-0.05, 0) is 47.9 Å². The van der Waals surface area contributed by atoms with E-state index in [0.717, 1.165) is 22.6 Å². The minimum Gasteiger partial charge on any atom is -0.352 e. The van der Waals surface area contributed by atoms with Crippen LogP contribution >= 0.6 is 0 Å². The average Bonchev–Trinajstić information content (AvgIpc) is 3.28. The van der Waals surface area contributed by atoms with Crippen LogP contribution in [0.1, 0.15) is 29.7 Å². The highest BCUT2D eigenvalue weighted by Crippen LogP contribution is 2.46. The number of hydrogen-bond donors (Lipinski definition) is 2. The van der Waals surface area contributed by atoms with Crippen LogP contribution in [0.25, 0.3) is 0 Å². The molecule has 0 saturated carbocycles. The maximum atomic E-state index is 12.4. The predicted octanol–water partition coefficient (Wildman–Crippen LogP) is 5.01. The Morgan fingerprint density at radius 2 is 1.68 bits per heavy atom. The smallest absolute Gasteiger partial charge is 0.224 e. The highest BCUT2D eigenvalue weighted by molar-refractivity contribution is 5.85. The Kier molecular flexibility index (Phi) is 5.85. The molecular formula is C31H29N5O. The van der Waals surface area contributed by atoms with Crippen LogP contribution in [-0.4, -0.2) is 22.3 Å². The van der Waals surface area contributed by atoms with Crippen LogP contribution in [0.2, 0.25) is 0 Å². The number of amidine groups is 1. The third kappa shape index (κ3) is 4.20. The zero-order chi connectivity index (χ0) is 25.2. The van der Waals surface area contributed by atoms with Crippen LogP contribution in [0.4, 0.5) is 5.69 Å². The zero-order valence-electron chi connectivity index (χ0n) is 20.7. The van der Waals surface area contributed by atoms with E-state index in [0.29, 0.717) is 13.0 Å². The number of rotatable bonds is 6. The molecule has 3 aromatic rings. The maximum Gasteiger partial charge on any atom is 0.224 e. The summed E-state index contributed by atoms with van der Waals surface area (Å²) in [6.07, 6.45) is 11.1. The fourth-order valence-corrected chi connectivity index (χ4v) is 5.29. The molecule has 3 aromatic carbocycles. The second kappa shape index (κ2) is 9.47. The molecule has 6 rings (SSSR count). The molecule has 3 aliphatic heterocycles. The highest BCUT2D eigenvalue weighted by atomic mass is 16.1. The van der Waals surface area contributed by atoms with Crippen molar-refractivity contribution in [1.29, 1.82) is 0 Å². The standard InChI is InChI=1S/C31H29N5O/c1-23-33-34-31-18-20-35(27-11-6-3-7-12-27)30(28(31)13-8-19-36(23)31)26-16-14-25(15-17-26)22-32-29(37)21-24-9-4-2-5-10-24/h2-20,30,34H,21-22H2,1H3,(H,32,37). The number of anilines is 1. The number of carbonyl (C=O) groups excluding carboxylic acids is 1. The van der Waals surface area contributed by atoms with Crippen LogP contribution in [0.5, 0.6) is 0 Å². The van der Waals surface area contributed by atoms with Crippen LogP contribution in [-0.2, 0) is 17.8 Å². The molecule has 2 atom stereocenters. The number of para-hydroxylation sites is 1. The molecule has 2 N–H and O–H groups in total. The van der Waals surface area contributed by atoms with Gasteiger partial charge in [-0.3, -0.25) is 10.2 Å². The molecule has 3 heterocycles. The van der Waals surface area contributed by atoms with E-state index in [1.807, 2.05) is 43.3 Å². The first kappa shape index (κ1) is 22.9. The van der Waals surface area contributed by atoms with Crippen LogP contribution in [0.3, 0.4) is 0 Å². The van der Waals surface area contributed by atoms with Crippen molar-refractivity contribution in [3.63, 3.8) is 0 Å². The predicted molar refractivity (Wildman–Crippen MR) is 147 cm³/mol. The summed E-state index contributed by atoms with van der Waals surface area (Å²) < 4.78 is 0. The number of amides is 1. The number of nitrogens with zero attached hydrogens (tertiary/aromatic N) is 3. The Hall–Kier alpha value is -4.58. The molecule has 37 heavy (non-hydrogen) atoms. The first-order valence-electron chi connectivity index (χ1n) is 12.6. The van der Waals surface area contributed by atoms with Crippen molar-refractivity contribution < 1.29 is 4.79 Å². The molecule has 0 fully saturated rings. The van der Waals surface area contributed by atoms with Gasteiger partial charge in [-0.25, -0.2) is 0 Å². The lowest BCUT2D eigenvalue weighted by Crippen LogP contribution is -2.57. The van der Waals surface area contributed by atoms with E-state index in [1.165, 1.54) is 11.1 Å². The van der Waals surface area contributed by atoms with E-state index in [4.69, 9.17) is 0 Å². The fraction of sp³-hybridized carbons (Fsp3) is 0.161. The summed E-state index contributed by atoms with van der Waals surface area (Å²) >= 11 is 0. The van der Waals surface area contributed by atoms with Crippen molar-refractivity contribution in [3.05, 3.63) is 138 Å². The van der Waals surface area contributed by atoms with E-state index in [9.17, 15) is 4.79 Å². The van der Waals surface area contributed by atoms with Gasteiger partial charge in [-0.2, -0.15) is 5.10 Å². The molecule has 6 nitrogen and oxygen atoms in total. The Morgan fingerprint density at radius 3 is 2.43 bits per heavy atom. The van der Waals surface area contributed by atoms with Gasteiger partial charge in [0.2, 0.25) is 5.91 Å². The minimum atomic E-state index is -0.515. The molecule has 0 radical (unpaired) electrons. The van der Waals surface area contributed by atoms with Gasteiger partial charge in [0.05, 0.1) is 12.5 Å². The van der Waals surface area contributed by atoms with Crippen molar-refractivity contribution in [3.8, 4) is 0 Å². The Balaban J connectivity index is 1.26. The largest absolute Gasteiger partial charge is 0.352 e. The molecule has 2 unspecified atom stereocenters. The summed E-state index contributed by atoms with van der Waals surface area (Å²) in [6.45, 7) is 2.51. The van der Waals surface area contributed by atoms with Crippen molar-refractivity contribution in [2.24, 2.45) is 5.10 Å². The molecule has 0 saturated heterocycles. The normalized spacial score (nSPS) is 21.5. The molecule has 1 spiro atoms. The SMILES string of the molecule is CC1=NNC23C=CN(c4ccccc4)C(c4ccc(CNC(=O)Cc5ccccc5)cc4)C2=CC=CN13. The third-order valence-corrected chi connectivity index (χ3v) is 7.16. The van der Waals surface area contributed by atoms with E-state index in [1.54, 1.807) is 0 Å². The summed E-state index contributed by atoms with van der Waals surface area (Å²) in [5.41, 5.74) is 8.44. The van der Waals surface area contributed by atoms with Crippen molar-refractivity contribution in [1.82, 2.24) is 15.6 Å². The summed E-state index contributed by atoms with van der Waals surface area (Å²) in [5, 5.41) is 7.60. The third-order valence-electron chi connectivity index (χ3n) is 7.16. The van der Waals surface area contributed by atoms with Gasteiger partial charge < -0.3 is 15.1 Å². The number of carbonyl (C=O) groups is 1. The van der Waals surface area contributed by atoms with E-state index in [2.05, 4.69) is 105 Å². The highest BCUT2D eigenvalue weighted by Gasteiger charge is 2.49. The van der Waals surface area contributed by atoms with Gasteiger partial charge in [0.25, 0.3) is 0 Å². The van der Waals surface area contributed by atoms with Crippen molar-refractivity contribution in [2.75, 3.05) is 4.90 Å². The molecule has 184 valence electrons. The monoisotopic (exact) mass is 487 g/mol. The fourth-order valence-electron chi connectivity index (χ4n) is 5.29. The summed E-state index contributed by atoms with van der Waals surface area (Å²) in [4.78, 5) is 16.9. The summed E-state index contributed by atoms with van der Waals surface area (Å²) in [6, 6.07) is 28.7. The van der Waals surface area contributed by atoms with Crippen LogP contribution in [0.15, 0.2) is 126 Å². The minimum absolute atomic E-state index is 0.0202. The Labute approximate surface area is 217 Å². The number of nitrogens with one attached hydrogen (secondary N) is 2. The molecule has 1 amide bonds. The van der Waals surface area contributed by atoms with E-state index >= 15 is 0 Å². The summed E-state index contributed by atoms with van der Waals surface area (Å²) in [7, 11) is 0. The van der Waals surface area contributed by atoms with Crippen LogP contribution in [0, 0.1) is 0 Å². The summed E-state index contributed by atoms with van der Waals surface area (Å²) in [5.74, 6) is 0.951. The molecule has 3 aliphatic rings. The van der Waals surface area contributed by atoms with Gasteiger partial charge in [0.1, 0.15) is 5.84 Å². The van der Waals surface area contributed by atoms with Gasteiger partial charge in [-0.1, -0.05) is 78.9 Å². The van der Waals surface area contributed by atoms with Gasteiger partial charge >= 0.3 is 0 Å². The zero-order valence-corrected chi connectivity index (χ0v) is 20.7. The second-order valence-corrected chi connectivity index (χ2v) is 9.51. The maximum absolute atomic E-state index is 12.4. The Bertz CT molecular complexity index is 1410. The number of benzene rings is 3. The molecular weight excluding hydrogens is 458 g/mol. The molecule has 0 aliphatic carbocycles. The number of hydrogen-bond acceptors (Lipinski definition) is 5. The lowest BCUT2D eigenvalue weighted by atomic mass is 9.82. The van der Waals surface area contributed by atoms with E-state index < -0.39 is 5.66 Å². The van der Waals surface area contributed by atoms with E-state index in [-0.39, 0.29) is 11.9 Å². The number of hydrazone groups is 1. The van der Waals surface area contributed by atoms with Gasteiger partial charge in [0.15, 0.2) is 5.66 Å². The lowest BCUT2D eigenvalue weighted by Gasteiger charge is -2.48. The van der Waals surface area contributed by atoms with Crippen molar-refractivity contribution >= 4 is 17.4 Å².